The predicted octanol–water partition coefficient (Wildman–Crippen LogP) is 3.75. The van der Waals surface area contributed by atoms with Gasteiger partial charge in [-0.25, -0.2) is 9.97 Å². The summed E-state index contributed by atoms with van der Waals surface area (Å²) in [5, 5.41) is 0.777. The molecule has 4 rings (SSSR count). The van der Waals surface area contributed by atoms with Gasteiger partial charge in [-0.1, -0.05) is 23.9 Å². The van der Waals surface area contributed by atoms with Crippen LogP contribution in [0.4, 0.5) is 5.82 Å². The maximum atomic E-state index is 12.5. The van der Waals surface area contributed by atoms with E-state index in [2.05, 4.69) is 9.88 Å². The standard InChI is InChI=1S/C22H28N4O2S/c1-28-15-19-14-20(25-10-2-3-11-25)24-22(23-19)29-16-17-6-8-18(9-7-17)21(27)26-12-4-5-13-26/h6-9,14H,2-5,10-13,15-16H2,1H3. The number of aromatic nitrogens is 2. The molecule has 0 bridgehead atoms. The van der Waals surface area contributed by atoms with Crippen LogP contribution in [0, 0.1) is 0 Å². The highest BCUT2D eigenvalue weighted by Crippen LogP contribution is 2.25. The van der Waals surface area contributed by atoms with Crippen LogP contribution >= 0.6 is 11.8 Å². The van der Waals surface area contributed by atoms with Crippen LogP contribution in [0.1, 0.15) is 47.3 Å². The molecular weight excluding hydrogens is 384 g/mol. The van der Waals surface area contributed by atoms with E-state index in [0.717, 1.165) is 72.6 Å². The molecule has 6 nitrogen and oxygen atoms in total. The summed E-state index contributed by atoms with van der Waals surface area (Å²) in [6, 6.07) is 9.99. The van der Waals surface area contributed by atoms with E-state index >= 15 is 0 Å². The molecule has 0 radical (unpaired) electrons. The van der Waals surface area contributed by atoms with Crippen molar-refractivity contribution in [3.8, 4) is 0 Å². The zero-order valence-corrected chi connectivity index (χ0v) is 17.8. The summed E-state index contributed by atoms with van der Waals surface area (Å²) in [5.74, 6) is 1.92. The molecule has 0 saturated carbocycles. The highest BCUT2D eigenvalue weighted by atomic mass is 32.2. The lowest BCUT2D eigenvalue weighted by Crippen LogP contribution is -2.27. The van der Waals surface area contributed by atoms with Crippen LogP contribution in [0.15, 0.2) is 35.5 Å². The van der Waals surface area contributed by atoms with Gasteiger partial charge in [0, 0.05) is 50.7 Å². The summed E-state index contributed by atoms with van der Waals surface area (Å²) in [6.45, 7) is 4.36. The third kappa shape index (κ3) is 5.08. The number of amides is 1. The van der Waals surface area contributed by atoms with E-state index in [1.54, 1.807) is 18.9 Å². The maximum absolute atomic E-state index is 12.5. The van der Waals surface area contributed by atoms with Crippen molar-refractivity contribution in [2.75, 3.05) is 38.2 Å². The Hall–Kier alpha value is -2.12. The Morgan fingerprint density at radius 2 is 1.72 bits per heavy atom. The van der Waals surface area contributed by atoms with Crippen LogP contribution in [0.3, 0.4) is 0 Å². The highest BCUT2D eigenvalue weighted by molar-refractivity contribution is 7.98. The summed E-state index contributed by atoms with van der Waals surface area (Å²) < 4.78 is 5.29. The summed E-state index contributed by atoms with van der Waals surface area (Å²) in [7, 11) is 1.69. The molecule has 2 aromatic rings. The first-order chi connectivity index (χ1) is 14.2. The third-order valence-corrected chi connectivity index (χ3v) is 6.35. The molecule has 1 aromatic heterocycles. The fourth-order valence-electron chi connectivity index (χ4n) is 3.85. The van der Waals surface area contributed by atoms with Crippen LogP contribution in [-0.4, -0.2) is 54.1 Å². The molecule has 2 saturated heterocycles. The van der Waals surface area contributed by atoms with Gasteiger partial charge in [0.15, 0.2) is 5.16 Å². The molecule has 0 aliphatic carbocycles. The fourth-order valence-corrected chi connectivity index (χ4v) is 4.68. The molecule has 2 aliphatic rings. The van der Waals surface area contributed by atoms with E-state index < -0.39 is 0 Å². The SMILES string of the molecule is COCc1cc(N2CCCC2)nc(SCc2ccc(C(=O)N3CCCC3)cc2)n1. The number of likely N-dealkylation sites (tertiary alicyclic amines) is 1. The van der Waals surface area contributed by atoms with Crippen molar-refractivity contribution in [2.45, 2.75) is 43.2 Å². The zero-order chi connectivity index (χ0) is 20.1. The number of rotatable bonds is 7. The highest BCUT2D eigenvalue weighted by Gasteiger charge is 2.19. The van der Waals surface area contributed by atoms with Crippen LogP contribution in [0.2, 0.25) is 0 Å². The first-order valence-corrected chi connectivity index (χ1v) is 11.3. The van der Waals surface area contributed by atoms with Crippen LogP contribution in [0.5, 0.6) is 0 Å². The van der Waals surface area contributed by atoms with E-state index in [-0.39, 0.29) is 5.91 Å². The normalized spacial score (nSPS) is 16.6. The minimum Gasteiger partial charge on any atom is -0.378 e. The number of ether oxygens (including phenoxy) is 1. The van der Waals surface area contributed by atoms with Crippen LogP contribution in [0.25, 0.3) is 0 Å². The molecule has 154 valence electrons. The lowest BCUT2D eigenvalue weighted by atomic mass is 10.1. The molecule has 1 amide bonds. The number of hydrogen-bond donors (Lipinski definition) is 0. The van der Waals surface area contributed by atoms with E-state index in [4.69, 9.17) is 9.72 Å². The van der Waals surface area contributed by atoms with Gasteiger partial charge in [-0.15, -0.1) is 0 Å². The smallest absolute Gasteiger partial charge is 0.253 e. The second kappa shape index (κ2) is 9.59. The molecular formula is C22H28N4O2S. The first-order valence-electron chi connectivity index (χ1n) is 10.4. The minimum absolute atomic E-state index is 0.146. The lowest BCUT2D eigenvalue weighted by Gasteiger charge is -2.18. The Morgan fingerprint density at radius 3 is 2.41 bits per heavy atom. The predicted molar refractivity (Wildman–Crippen MR) is 115 cm³/mol. The van der Waals surface area contributed by atoms with Crippen molar-refractivity contribution in [1.82, 2.24) is 14.9 Å². The molecule has 0 unspecified atom stereocenters. The van der Waals surface area contributed by atoms with Gasteiger partial charge in [0.2, 0.25) is 0 Å². The molecule has 3 heterocycles. The van der Waals surface area contributed by atoms with E-state index in [1.807, 2.05) is 35.2 Å². The number of anilines is 1. The van der Waals surface area contributed by atoms with Crippen molar-refractivity contribution < 1.29 is 9.53 Å². The Kier molecular flexibility index (Phi) is 6.67. The van der Waals surface area contributed by atoms with Crippen molar-refractivity contribution >= 4 is 23.5 Å². The molecule has 0 atom stereocenters. The number of nitrogens with zero attached hydrogens (tertiary/aromatic N) is 4. The Morgan fingerprint density at radius 1 is 1.03 bits per heavy atom. The molecule has 2 aliphatic heterocycles. The van der Waals surface area contributed by atoms with Gasteiger partial charge in [0.1, 0.15) is 5.82 Å². The number of hydrogen-bond acceptors (Lipinski definition) is 6. The number of carbonyl (C=O) groups is 1. The van der Waals surface area contributed by atoms with Gasteiger partial charge in [0.25, 0.3) is 5.91 Å². The summed E-state index contributed by atoms with van der Waals surface area (Å²) in [4.78, 5) is 26.2. The average molecular weight is 413 g/mol. The second-order valence-corrected chi connectivity index (χ2v) is 8.55. The van der Waals surface area contributed by atoms with E-state index in [1.165, 1.54) is 12.8 Å². The summed E-state index contributed by atoms with van der Waals surface area (Å²) in [6.07, 6.45) is 4.66. The summed E-state index contributed by atoms with van der Waals surface area (Å²) >= 11 is 1.63. The minimum atomic E-state index is 0.146. The van der Waals surface area contributed by atoms with Crippen LogP contribution < -0.4 is 4.90 Å². The Labute approximate surface area is 176 Å². The Bertz CT molecular complexity index is 831. The van der Waals surface area contributed by atoms with Crippen molar-refractivity contribution in [3.63, 3.8) is 0 Å². The van der Waals surface area contributed by atoms with Gasteiger partial charge in [-0.05, 0) is 43.4 Å². The van der Waals surface area contributed by atoms with Crippen molar-refractivity contribution in [1.29, 1.82) is 0 Å². The zero-order valence-electron chi connectivity index (χ0n) is 17.0. The number of thioether (sulfide) groups is 1. The van der Waals surface area contributed by atoms with Gasteiger partial charge in [0.05, 0.1) is 12.3 Å². The maximum Gasteiger partial charge on any atom is 0.253 e. The first kappa shape index (κ1) is 20.2. The molecule has 2 fully saturated rings. The number of benzene rings is 1. The topological polar surface area (TPSA) is 58.6 Å². The number of carbonyl (C=O) groups excluding carboxylic acids is 1. The summed E-state index contributed by atoms with van der Waals surface area (Å²) in [5.41, 5.74) is 2.85. The van der Waals surface area contributed by atoms with Gasteiger partial charge in [-0.3, -0.25) is 4.79 Å². The fraction of sp³-hybridized carbons (Fsp3) is 0.500. The molecule has 1 aromatic carbocycles. The van der Waals surface area contributed by atoms with Crippen LogP contribution in [-0.2, 0) is 17.1 Å². The van der Waals surface area contributed by atoms with E-state index in [0.29, 0.717) is 6.61 Å². The molecule has 29 heavy (non-hydrogen) atoms. The Balaban J connectivity index is 1.41. The lowest BCUT2D eigenvalue weighted by molar-refractivity contribution is 0.0793. The molecule has 0 spiro atoms. The molecule has 7 heteroatoms. The van der Waals surface area contributed by atoms with Gasteiger partial charge >= 0.3 is 0 Å². The van der Waals surface area contributed by atoms with E-state index in [9.17, 15) is 4.79 Å². The third-order valence-electron chi connectivity index (χ3n) is 5.43. The van der Waals surface area contributed by atoms with Crippen molar-refractivity contribution in [2.24, 2.45) is 0 Å². The van der Waals surface area contributed by atoms with Crippen molar-refractivity contribution in [3.05, 3.63) is 47.2 Å². The molecule has 0 N–H and O–H groups in total. The largest absolute Gasteiger partial charge is 0.378 e. The quantitative estimate of drug-likeness (QED) is 0.510. The monoisotopic (exact) mass is 412 g/mol. The second-order valence-electron chi connectivity index (χ2n) is 7.61. The van der Waals surface area contributed by atoms with Gasteiger partial charge < -0.3 is 14.5 Å². The number of methoxy groups -OCH3 is 1. The average Bonchev–Trinajstić information content (AvgIpc) is 3.46. The van der Waals surface area contributed by atoms with Gasteiger partial charge in [-0.2, -0.15) is 0 Å².